The third-order valence-corrected chi connectivity index (χ3v) is 5.96. The first-order chi connectivity index (χ1) is 15.9. The van der Waals surface area contributed by atoms with Crippen molar-refractivity contribution in [1.29, 1.82) is 0 Å². The molecule has 8 heteroatoms. The first-order valence-corrected chi connectivity index (χ1v) is 11.0. The molecular formula is C25H33NO7. The van der Waals surface area contributed by atoms with E-state index in [1.807, 2.05) is 30.3 Å². The highest BCUT2D eigenvalue weighted by Crippen LogP contribution is 2.40. The molecule has 0 radical (unpaired) electrons. The average Bonchev–Trinajstić information content (AvgIpc) is 2.84. The van der Waals surface area contributed by atoms with Crippen LogP contribution in [0.15, 0.2) is 30.3 Å². The Hall–Kier alpha value is -2.97. The van der Waals surface area contributed by atoms with Crippen LogP contribution in [-0.2, 0) is 22.4 Å². The van der Waals surface area contributed by atoms with E-state index in [0.29, 0.717) is 36.0 Å². The molecule has 1 heterocycles. The van der Waals surface area contributed by atoms with Crippen LogP contribution in [0.3, 0.4) is 0 Å². The van der Waals surface area contributed by atoms with E-state index < -0.39 is 12.1 Å². The molecule has 3 rings (SSSR count). The van der Waals surface area contributed by atoms with Crippen LogP contribution in [0.4, 0.5) is 0 Å². The molecule has 8 nitrogen and oxygen atoms in total. The maximum absolute atomic E-state index is 12.1. The van der Waals surface area contributed by atoms with E-state index in [-0.39, 0.29) is 19.2 Å². The first kappa shape index (κ1) is 24.7. The number of rotatable bonds is 10. The number of hydrogen-bond donors (Lipinski definition) is 1. The summed E-state index contributed by atoms with van der Waals surface area (Å²) < 4.78 is 26.9. The van der Waals surface area contributed by atoms with Gasteiger partial charge in [-0.2, -0.15) is 0 Å². The lowest BCUT2D eigenvalue weighted by atomic mass is 9.87. The number of hydrogen-bond acceptors (Lipinski definition) is 8. The van der Waals surface area contributed by atoms with Gasteiger partial charge >= 0.3 is 5.97 Å². The number of carbonyl (C=O) groups excluding carboxylic acids is 1. The average molecular weight is 460 g/mol. The maximum atomic E-state index is 12.1. The van der Waals surface area contributed by atoms with Gasteiger partial charge < -0.3 is 28.8 Å². The molecule has 1 aliphatic heterocycles. The predicted octanol–water partition coefficient (Wildman–Crippen LogP) is 2.79. The summed E-state index contributed by atoms with van der Waals surface area (Å²) in [6, 6.07) is 9.72. The van der Waals surface area contributed by atoms with E-state index in [9.17, 15) is 9.90 Å². The summed E-state index contributed by atoms with van der Waals surface area (Å²) in [5.41, 5.74) is 3.26. The molecular weight excluding hydrogens is 426 g/mol. The quantitative estimate of drug-likeness (QED) is 0.543. The van der Waals surface area contributed by atoms with Crippen molar-refractivity contribution in [3.63, 3.8) is 0 Å². The van der Waals surface area contributed by atoms with Gasteiger partial charge in [0.25, 0.3) is 0 Å². The molecule has 2 aromatic carbocycles. The standard InChI is InChI=1S/C25H33NO7/c1-6-33-25(28)20(27)15-26-10-9-17-13-23(31-4)24(32-5)14-18(17)19(26)11-16-7-8-21(29-2)22(12-16)30-3/h7-8,12-14,19-20,27H,6,9-11,15H2,1-5H3. The second-order valence-corrected chi connectivity index (χ2v) is 7.83. The molecule has 2 unspecified atom stereocenters. The number of benzene rings is 2. The molecule has 0 bridgehead atoms. The summed E-state index contributed by atoms with van der Waals surface area (Å²) in [6.07, 6.45) is 0.172. The van der Waals surface area contributed by atoms with Crippen molar-refractivity contribution in [2.24, 2.45) is 0 Å². The molecule has 0 saturated carbocycles. The topological polar surface area (TPSA) is 86.7 Å². The van der Waals surface area contributed by atoms with Crippen LogP contribution in [0, 0.1) is 0 Å². The molecule has 33 heavy (non-hydrogen) atoms. The number of ether oxygens (including phenoxy) is 5. The van der Waals surface area contributed by atoms with Crippen LogP contribution in [0.1, 0.15) is 29.7 Å². The van der Waals surface area contributed by atoms with Crippen LogP contribution in [0.2, 0.25) is 0 Å². The van der Waals surface area contributed by atoms with E-state index in [0.717, 1.165) is 23.1 Å². The maximum Gasteiger partial charge on any atom is 0.336 e. The molecule has 0 aliphatic carbocycles. The lowest BCUT2D eigenvalue weighted by Crippen LogP contribution is -2.44. The number of β-amino-alcohol motifs (C(OH)–C–C–N with tert-alkyl or cyclic N) is 1. The number of esters is 1. The van der Waals surface area contributed by atoms with Crippen molar-refractivity contribution in [2.75, 3.05) is 48.1 Å². The number of carbonyl (C=O) groups is 1. The van der Waals surface area contributed by atoms with Crippen LogP contribution >= 0.6 is 0 Å². The minimum Gasteiger partial charge on any atom is -0.493 e. The van der Waals surface area contributed by atoms with Crippen LogP contribution in [0.5, 0.6) is 23.0 Å². The molecule has 0 amide bonds. The van der Waals surface area contributed by atoms with E-state index in [4.69, 9.17) is 23.7 Å². The molecule has 0 spiro atoms. The van der Waals surface area contributed by atoms with E-state index >= 15 is 0 Å². The highest BCUT2D eigenvalue weighted by molar-refractivity contribution is 5.74. The van der Waals surface area contributed by atoms with Gasteiger partial charge in [-0.15, -0.1) is 0 Å². The van der Waals surface area contributed by atoms with Crippen molar-refractivity contribution in [3.05, 3.63) is 47.0 Å². The zero-order valence-corrected chi connectivity index (χ0v) is 19.9. The van der Waals surface area contributed by atoms with E-state index in [2.05, 4.69) is 4.90 Å². The van der Waals surface area contributed by atoms with Crippen LogP contribution in [0.25, 0.3) is 0 Å². The minimum atomic E-state index is -1.22. The van der Waals surface area contributed by atoms with E-state index in [1.54, 1.807) is 35.4 Å². The van der Waals surface area contributed by atoms with Gasteiger partial charge in [0.15, 0.2) is 29.1 Å². The molecule has 0 fully saturated rings. The summed E-state index contributed by atoms with van der Waals surface area (Å²) in [6.45, 7) is 2.80. The number of fused-ring (bicyclic) bond motifs is 1. The van der Waals surface area contributed by atoms with Crippen molar-refractivity contribution in [2.45, 2.75) is 31.9 Å². The molecule has 0 aromatic heterocycles. The molecule has 2 aromatic rings. The fourth-order valence-corrected chi connectivity index (χ4v) is 4.30. The van der Waals surface area contributed by atoms with Gasteiger partial charge in [-0.1, -0.05) is 6.07 Å². The van der Waals surface area contributed by atoms with Crippen molar-refractivity contribution >= 4 is 5.97 Å². The highest BCUT2D eigenvalue weighted by atomic mass is 16.5. The summed E-state index contributed by atoms with van der Waals surface area (Å²) in [7, 11) is 6.44. The third kappa shape index (κ3) is 5.51. The number of nitrogens with zero attached hydrogens (tertiary/aromatic N) is 1. The van der Waals surface area contributed by atoms with Gasteiger partial charge in [0, 0.05) is 19.1 Å². The van der Waals surface area contributed by atoms with Crippen molar-refractivity contribution in [1.82, 2.24) is 4.90 Å². The zero-order valence-electron chi connectivity index (χ0n) is 19.9. The molecule has 2 atom stereocenters. The van der Waals surface area contributed by atoms with Gasteiger partial charge in [0.05, 0.1) is 35.0 Å². The highest BCUT2D eigenvalue weighted by Gasteiger charge is 2.32. The Balaban J connectivity index is 1.98. The minimum absolute atomic E-state index is 0.101. The second kappa shape index (κ2) is 11.2. The van der Waals surface area contributed by atoms with Gasteiger partial charge in [0.1, 0.15) is 0 Å². The summed E-state index contributed by atoms with van der Waals surface area (Å²) in [4.78, 5) is 14.2. The normalized spacial score (nSPS) is 16.5. The first-order valence-electron chi connectivity index (χ1n) is 11.0. The van der Waals surface area contributed by atoms with Crippen LogP contribution in [-0.4, -0.2) is 70.2 Å². The summed E-state index contributed by atoms with van der Waals surface area (Å²) in [5, 5.41) is 10.5. The molecule has 0 saturated heterocycles. The fraction of sp³-hybridized carbons (Fsp3) is 0.480. The lowest BCUT2D eigenvalue weighted by Gasteiger charge is -2.38. The summed E-state index contributed by atoms with van der Waals surface area (Å²) >= 11 is 0. The zero-order chi connectivity index (χ0) is 24.0. The largest absolute Gasteiger partial charge is 0.493 e. The Morgan fingerprint density at radius 3 is 2.27 bits per heavy atom. The fourth-order valence-electron chi connectivity index (χ4n) is 4.30. The Morgan fingerprint density at radius 2 is 1.64 bits per heavy atom. The third-order valence-electron chi connectivity index (χ3n) is 5.96. The van der Waals surface area contributed by atoms with Gasteiger partial charge in [-0.05, 0) is 60.7 Å². The predicted molar refractivity (Wildman–Crippen MR) is 123 cm³/mol. The van der Waals surface area contributed by atoms with Gasteiger partial charge in [-0.25, -0.2) is 4.79 Å². The SMILES string of the molecule is CCOC(=O)C(O)CN1CCc2cc(OC)c(OC)cc2C1Cc1ccc(OC)c(OC)c1. The molecule has 180 valence electrons. The number of methoxy groups -OCH3 is 4. The van der Waals surface area contributed by atoms with Gasteiger partial charge in [-0.3, -0.25) is 4.90 Å². The number of aliphatic hydroxyl groups excluding tert-OH is 1. The molecule has 1 N–H and O–H groups in total. The van der Waals surface area contributed by atoms with Crippen molar-refractivity contribution < 1.29 is 33.6 Å². The second-order valence-electron chi connectivity index (χ2n) is 7.83. The monoisotopic (exact) mass is 459 g/mol. The van der Waals surface area contributed by atoms with E-state index in [1.165, 1.54) is 0 Å². The van der Waals surface area contributed by atoms with Gasteiger partial charge in [0.2, 0.25) is 0 Å². The smallest absolute Gasteiger partial charge is 0.336 e. The Morgan fingerprint density at radius 1 is 1.00 bits per heavy atom. The summed E-state index contributed by atoms with van der Waals surface area (Å²) in [5.74, 6) is 2.02. The Bertz CT molecular complexity index is 962. The van der Waals surface area contributed by atoms with Crippen LogP contribution < -0.4 is 18.9 Å². The Labute approximate surface area is 195 Å². The number of aliphatic hydroxyl groups is 1. The van der Waals surface area contributed by atoms with Crippen molar-refractivity contribution in [3.8, 4) is 23.0 Å². The Kier molecular flexibility index (Phi) is 8.41. The lowest BCUT2D eigenvalue weighted by molar-refractivity contribution is -0.154. The molecule has 1 aliphatic rings.